The Morgan fingerprint density at radius 1 is 1.03 bits per heavy atom. The molecule has 1 aromatic carbocycles. The minimum Gasteiger partial charge on any atom is -0.353 e. The highest BCUT2D eigenvalue weighted by Crippen LogP contribution is 2.31. The lowest BCUT2D eigenvalue weighted by Crippen LogP contribution is -2.49. The molecule has 1 aromatic heterocycles. The van der Waals surface area contributed by atoms with Gasteiger partial charge in [-0.15, -0.1) is 0 Å². The molecule has 35 heavy (non-hydrogen) atoms. The highest BCUT2D eigenvalue weighted by Gasteiger charge is 2.35. The van der Waals surface area contributed by atoms with Gasteiger partial charge in [0, 0.05) is 44.7 Å². The molecule has 1 amide bonds. The Morgan fingerprint density at radius 2 is 1.69 bits per heavy atom. The third kappa shape index (κ3) is 5.02. The zero-order valence-electron chi connectivity index (χ0n) is 20.8. The van der Waals surface area contributed by atoms with Crippen LogP contribution in [0.2, 0.25) is 0 Å². The summed E-state index contributed by atoms with van der Waals surface area (Å²) >= 11 is 0. The molecule has 3 heterocycles. The van der Waals surface area contributed by atoms with E-state index >= 15 is 0 Å². The van der Waals surface area contributed by atoms with E-state index in [9.17, 15) is 21.6 Å². The molecule has 2 aliphatic heterocycles. The molecule has 9 nitrogen and oxygen atoms in total. The van der Waals surface area contributed by atoms with Crippen molar-refractivity contribution in [2.24, 2.45) is 5.92 Å². The predicted octanol–water partition coefficient (Wildman–Crippen LogP) is 2.16. The van der Waals surface area contributed by atoms with Crippen LogP contribution in [0.25, 0.3) is 0 Å². The molecular formula is C24H32N4O5S2. The van der Waals surface area contributed by atoms with Gasteiger partial charge in [0.25, 0.3) is 5.91 Å². The first-order chi connectivity index (χ1) is 16.3. The zero-order chi connectivity index (χ0) is 25.7. The van der Waals surface area contributed by atoms with Crippen molar-refractivity contribution >= 4 is 37.3 Å². The van der Waals surface area contributed by atoms with Crippen LogP contribution >= 0.6 is 0 Å². The predicted molar refractivity (Wildman–Crippen MR) is 136 cm³/mol. The van der Waals surface area contributed by atoms with Gasteiger partial charge in [-0.2, -0.15) is 0 Å². The number of hydrogen-bond donors (Lipinski definition) is 0. The quantitative estimate of drug-likeness (QED) is 0.608. The number of aromatic nitrogens is 1. The molecular weight excluding hydrogens is 488 g/mol. The molecule has 1 atom stereocenters. The maximum absolute atomic E-state index is 13.4. The summed E-state index contributed by atoms with van der Waals surface area (Å²) in [7, 11) is -7.29. The lowest BCUT2D eigenvalue weighted by Gasteiger charge is -2.36. The van der Waals surface area contributed by atoms with Crippen molar-refractivity contribution in [2.75, 3.05) is 53.9 Å². The molecule has 2 aliphatic rings. The van der Waals surface area contributed by atoms with E-state index in [4.69, 9.17) is 4.98 Å². The lowest BCUT2D eigenvalue weighted by atomic mass is 10.1. The van der Waals surface area contributed by atoms with Gasteiger partial charge in [0.1, 0.15) is 5.82 Å². The molecule has 190 valence electrons. The van der Waals surface area contributed by atoms with Crippen molar-refractivity contribution in [2.45, 2.75) is 32.6 Å². The molecule has 0 saturated carbocycles. The maximum Gasteiger partial charge on any atom is 0.255 e. The molecule has 11 heteroatoms. The minimum atomic E-state index is -3.78. The number of nitrogens with zero attached hydrogens (tertiary/aromatic N) is 4. The smallest absolute Gasteiger partial charge is 0.255 e. The molecule has 2 aromatic rings. The summed E-state index contributed by atoms with van der Waals surface area (Å²) in [5, 5.41) is 0. The molecule has 2 saturated heterocycles. The number of anilines is 2. The first-order valence-electron chi connectivity index (χ1n) is 11.6. The largest absolute Gasteiger partial charge is 0.353 e. The molecule has 0 N–H and O–H groups in total. The lowest BCUT2D eigenvalue weighted by molar-refractivity contribution is 0.0742. The number of carbonyl (C=O) groups excluding carboxylic acids is 1. The van der Waals surface area contributed by atoms with Gasteiger partial charge in [-0.3, -0.25) is 9.10 Å². The van der Waals surface area contributed by atoms with Crippen LogP contribution in [0, 0.1) is 26.7 Å². The third-order valence-corrected chi connectivity index (χ3v) is 9.85. The van der Waals surface area contributed by atoms with Crippen LogP contribution < -0.4 is 9.21 Å². The summed E-state index contributed by atoms with van der Waals surface area (Å²) in [6, 6.07) is 6.39. The Kier molecular flexibility index (Phi) is 6.60. The summed E-state index contributed by atoms with van der Waals surface area (Å²) < 4.78 is 51.5. The number of pyridine rings is 1. The SMILES string of the molecule is Cc1cc(C)c(N2CCN(C(=O)c3ccc(N4C[C@H](C)CS4(=O)=O)cc3S(C)(=O)=O)CC2)nc1C. The number of benzene rings is 1. The summed E-state index contributed by atoms with van der Waals surface area (Å²) in [6.07, 6.45) is 1.04. The topological polar surface area (TPSA) is 108 Å². The number of carbonyl (C=O) groups is 1. The van der Waals surface area contributed by atoms with E-state index < -0.39 is 19.9 Å². The summed E-state index contributed by atoms with van der Waals surface area (Å²) in [4.78, 5) is 21.7. The van der Waals surface area contributed by atoms with Crippen LogP contribution in [0.4, 0.5) is 11.5 Å². The standard InChI is InChI=1S/C24H32N4O5S2/c1-16-14-28(35(32,33)15-16)20-6-7-21(22(13-20)34(5,30)31)24(29)27-10-8-26(9-11-27)23-18(3)12-17(2)19(4)25-23/h6-7,12-13,16H,8-11,14-15H2,1-5H3/t16-/m0/s1. The first kappa shape index (κ1) is 25.4. The van der Waals surface area contributed by atoms with E-state index in [0.29, 0.717) is 26.2 Å². The number of rotatable bonds is 4. The van der Waals surface area contributed by atoms with Gasteiger partial charge in [0.05, 0.1) is 21.9 Å². The van der Waals surface area contributed by atoms with E-state index in [-0.39, 0.29) is 40.3 Å². The maximum atomic E-state index is 13.4. The number of amides is 1. The number of sulfone groups is 1. The number of hydrogen-bond acceptors (Lipinski definition) is 7. The Labute approximate surface area is 207 Å². The minimum absolute atomic E-state index is 0.0149. The summed E-state index contributed by atoms with van der Waals surface area (Å²) in [5.74, 6) is 0.484. The Bertz CT molecular complexity index is 1380. The molecule has 0 spiro atoms. The number of sulfonamides is 1. The van der Waals surface area contributed by atoms with Crippen molar-refractivity contribution in [3.05, 3.63) is 46.6 Å². The van der Waals surface area contributed by atoms with Crippen LogP contribution in [0.5, 0.6) is 0 Å². The zero-order valence-corrected chi connectivity index (χ0v) is 22.4. The van der Waals surface area contributed by atoms with Gasteiger partial charge >= 0.3 is 0 Å². The van der Waals surface area contributed by atoms with E-state index in [1.165, 1.54) is 22.5 Å². The van der Waals surface area contributed by atoms with Crippen molar-refractivity contribution in [1.29, 1.82) is 0 Å². The van der Waals surface area contributed by atoms with Crippen molar-refractivity contribution in [1.82, 2.24) is 9.88 Å². The molecule has 0 unspecified atom stereocenters. The first-order valence-corrected chi connectivity index (χ1v) is 15.1. The highest BCUT2D eigenvalue weighted by atomic mass is 32.2. The van der Waals surface area contributed by atoms with Gasteiger partial charge in [-0.25, -0.2) is 21.8 Å². The van der Waals surface area contributed by atoms with Crippen molar-refractivity contribution in [3.63, 3.8) is 0 Å². The van der Waals surface area contributed by atoms with Gasteiger partial charge in [-0.1, -0.05) is 13.0 Å². The van der Waals surface area contributed by atoms with Crippen molar-refractivity contribution < 1.29 is 21.6 Å². The molecule has 4 rings (SSSR count). The monoisotopic (exact) mass is 520 g/mol. The second kappa shape index (κ2) is 9.09. The second-order valence-electron chi connectivity index (χ2n) is 9.68. The van der Waals surface area contributed by atoms with Gasteiger partial charge in [0.2, 0.25) is 10.0 Å². The molecule has 0 radical (unpaired) electrons. The number of aryl methyl sites for hydroxylation is 3. The van der Waals surface area contributed by atoms with Crippen LogP contribution in [-0.4, -0.2) is 77.4 Å². The summed E-state index contributed by atoms with van der Waals surface area (Å²) in [6.45, 7) is 10.2. The second-order valence-corrected chi connectivity index (χ2v) is 13.6. The van der Waals surface area contributed by atoms with E-state index in [0.717, 1.165) is 28.9 Å². The van der Waals surface area contributed by atoms with Gasteiger partial charge < -0.3 is 9.80 Å². The fourth-order valence-corrected chi connectivity index (χ4v) is 7.57. The van der Waals surface area contributed by atoms with Crippen LogP contribution in [-0.2, 0) is 19.9 Å². The van der Waals surface area contributed by atoms with Gasteiger partial charge in [-0.05, 0) is 56.0 Å². The fourth-order valence-electron chi connectivity index (χ4n) is 4.76. The highest BCUT2D eigenvalue weighted by molar-refractivity contribution is 7.93. The van der Waals surface area contributed by atoms with Crippen LogP contribution in [0.3, 0.4) is 0 Å². The van der Waals surface area contributed by atoms with Crippen molar-refractivity contribution in [3.8, 4) is 0 Å². The fraction of sp³-hybridized carbons (Fsp3) is 0.500. The average Bonchev–Trinajstić information content (AvgIpc) is 3.06. The van der Waals surface area contributed by atoms with E-state index in [1.807, 2.05) is 27.7 Å². The Morgan fingerprint density at radius 3 is 2.26 bits per heavy atom. The Hall–Kier alpha value is -2.66. The van der Waals surface area contributed by atoms with Crippen LogP contribution in [0.1, 0.15) is 34.1 Å². The third-order valence-electron chi connectivity index (χ3n) is 6.69. The van der Waals surface area contributed by atoms with E-state index in [2.05, 4.69) is 11.0 Å². The van der Waals surface area contributed by atoms with Gasteiger partial charge in [0.15, 0.2) is 9.84 Å². The molecule has 2 fully saturated rings. The molecule has 0 bridgehead atoms. The Balaban J connectivity index is 1.58. The average molecular weight is 521 g/mol. The number of piperazine rings is 1. The van der Waals surface area contributed by atoms with E-state index in [1.54, 1.807) is 4.90 Å². The normalized spacial score (nSPS) is 20.4. The molecule has 0 aliphatic carbocycles. The summed E-state index contributed by atoms with van der Waals surface area (Å²) in [5.41, 5.74) is 3.51. The van der Waals surface area contributed by atoms with Crippen LogP contribution in [0.15, 0.2) is 29.2 Å².